The van der Waals surface area contributed by atoms with E-state index < -0.39 is 11.9 Å². The number of hydrogen-bond acceptors (Lipinski definition) is 10. The van der Waals surface area contributed by atoms with Crippen LogP contribution in [0, 0.1) is 0 Å². The number of nitrogens with two attached hydrogens (primary N) is 1. The van der Waals surface area contributed by atoms with Gasteiger partial charge in [-0.05, 0) is 41.7 Å². The molecule has 3 saturated heterocycles. The number of nitrogens with one attached hydrogen (secondary N) is 2. The summed E-state index contributed by atoms with van der Waals surface area (Å²) in [5.41, 5.74) is 12.4. The van der Waals surface area contributed by atoms with E-state index in [9.17, 15) is 14.4 Å². The molecule has 6 heterocycles. The maximum Gasteiger partial charge on any atom is 0.329 e. The van der Waals surface area contributed by atoms with Gasteiger partial charge in [-0.2, -0.15) is 4.98 Å². The SMILES string of the molecule is Cn1c(=O)n([C@H]2CCC(=O)NC2=O)c2ccc(CN3CC(OCCCN4CCN(Cc5ccc(-c6c[nH]c7nc(N)ncc67)cc5)CC4)C3)cc21. The zero-order chi connectivity index (χ0) is 35.1. The lowest BCUT2D eigenvalue weighted by Gasteiger charge is -2.39. The van der Waals surface area contributed by atoms with Gasteiger partial charge in [-0.3, -0.25) is 33.8 Å². The first-order valence-corrected chi connectivity index (χ1v) is 17.8. The van der Waals surface area contributed by atoms with Crippen LogP contribution in [0.2, 0.25) is 0 Å². The van der Waals surface area contributed by atoms with E-state index in [4.69, 9.17) is 10.5 Å². The van der Waals surface area contributed by atoms with Gasteiger partial charge in [-0.15, -0.1) is 0 Å². The summed E-state index contributed by atoms with van der Waals surface area (Å²) in [5, 5.41) is 3.33. The summed E-state index contributed by atoms with van der Waals surface area (Å²) in [6.07, 6.45) is 5.57. The van der Waals surface area contributed by atoms with E-state index in [0.717, 1.165) is 105 Å². The average Bonchev–Trinajstić information content (AvgIpc) is 3.63. The van der Waals surface area contributed by atoms with Crippen LogP contribution in [0.1, 0.15) is 36.4 Å². The molecule has 3 fully saturated rings. The Kier molecular flexibility index (Phi) is 9.15. The number of piperazine rings is 1. The van der Waals surface area contributed by atoms with Crippen LogP contribution < -0.4 is 16.7 Å². The number of ether oxygens (including phenoxy) is 1. The van der Waals surface area contributed by atoms with Crippen molar-refractivity contribution in [1.29, 1.82) is 0 Å². The number of benzene rings is 2. The fourth-order valence-corrected chi connectivity index (χ4v) is 7.67. The Bertz CT molecular complexity index is 2120. The molecule has 0 radical (unpaired) electrons. The number of piperidine rings is 1. The van der Waals surface area contributed by atoms with Crippen molar-refractivity contribution in [3.05, 3.63) is 76.5 Å². The summed E-state index contributed by atoms with van der Waals surface area (Å²) in [6.45, 7) is 9.58. The van der Waals surface area contributed by atoms with Crippen LogP contribution in [0.4, 0.5) is 5.95 Å². The molecular weight excluding hydrogens is 648 g/mol. The van der Waals surface area contributed by atoms with Crippen LogP contribution in [0.25, 0.3) is 33.2 Å². The largest absolute Gasteiger partial charge is 0.376 e. The third-order valence-corrected chi connectivity index (χ3v) is 10.6. The fraction of sp³-hybridized carbons (Fsp3) is 0.432. The molecule has 0 aliphatic carbocycles. The molecule has 0 bridgehead atoms. The second-order valence-electron chi connectivity index (χ2n) is 14.0. The third-order valence-electron chi connectivity index (χ3n) is 10.6. The van der Waals surface area contributed by atoms with Gasteiger partial charge in [0.15, 0.2) is 0 Å². The van der Waals surface area contributed by atoms with E-state index in [2.05, 4.69) is 59.2 Å². The van der Waals surface area contributed by atoms with Crippen molar-refractivity contribution in [3.63, 3.8) is 0 Å². The molecule has 14 nitrogen and oxygen atoms in total. The van der Waals surface area contributed by atoms with E-state index in [1.807, 2.05) is 24.4 Å². The first-order valence-electron chi connectivity index (χ1n) is 17.8. The first-order chi connectivity index (χ1) is 24.8. The molecule has 51 heavy (non-hydrogen) atoms. The minimum Gasteiger partial charge on any atom is -0.376 e. The number of nitrogen functional groups attached to an aromatic ring is 1. The highest BCUT2D eigenvalue weighted by molar-refractivity contribution is 6.00. The molecule has 1 atom stereocenters. The van der Waals surface area contributed by atoms with Gasteiger partial charge in [0.1, 0.15) is 11.7 Å². The second kappa shape index (κ2) is 14.0. The zero-order valence-corrected chi connectivity index (χ0v) is 28.9. The molecule has 0 saturated carbocycles. The summed E-state index contributed by atoms with van der Waals surface area (Å²) < 4.78 is 9.30. The van der Waals surface area contributed by atoms with Crippen LogP contribution in [0.15, 0.2) is 59.7 Å². The van der Waals surface area contributed by atoms with Crippen LogP contribution in [-0.4, -0.2) is 109 Å². The number of rotatable bonds is 11. The van der Waals surface area contributed by atoms with Gasteiger partial charge in [-0.25, -0.2) is 9.78 Å². The van der Waals surface area contributed by atoms with Gasteiger partial charge in [0.25, 0.3) is 0 Å². The van der Waals surface area contributed by atoms with E-state index in [-0.39, 0.29) is 30.1 Å². The number of carbonyl (C=O) groups is 2. The lowest BCUT2D eigenvalue weighted by molar-refractivity contribution is -0.135. The third kappa shape index (κ3) is 6.91. The van der Waals surface area contributed by atoms with Crippen molar-refractivity contribution < 1.29 is 14.3 Å². The second-order valence-corrected chi connectivity index (χ2v) is 14.0. The number of anilines is 1. The Labute approximate surface area is 295 Å². The first kappa shape index (κ1) is 33.3. The Morgan fingerprint density at radius 3 is 2.45 bits per heavy atom. The van der Waals surface area contributed by atoms with Gasteiger partial charge in [0.05, 0.1) is 17.1 Å². The molecule has 14 heteroatoms. The monoisotopic (exact) mass is 692 g/mol. The number of nitrogens with zero attached hydrogens (tertiary/aromatic N) is 7. The van der Waals surface area contributed by atoms with E-state index >= 15 is 0 Å². The molecule has 0 spiro atoms. The summed E-state index contributed by atoms with van der Waals surface area (Å²) in [6, 6.07) is 14.1. The molecule has 3 aromatic heterocycles. The number of imidazole rings is 1. The maximum absolute atomic E-state index is 13.1. The van der Waals surface area contributed by atoms with Gasteiger partial charge < -0.3 is 20.4 Å². The molecule has 3 aliphatic heterocycles. The predicted molar refractivity (Wildman–Crippen MR) is 194 cm³/mol. The Morgan fingerprint density at radius 2 is 1.67 bits per heavy atom. The number of H-pyrrole nitrogens is 1. The molecule has 4 N–H and O–H groups in total. The summed E-state index contributed by atoms with van der Waals surface area (Å²) in [7, 11) is 1.73. The number of fused-ring (bicyclic) bond motifs is 2. The van der Waals surface area contributed by atoms with Crippen molar-refractivity contribution in [2.75, 3.05) is 58.2 Å². The normalized spacial score (nSPS) is 19.6. The molecule has 8 rings (SSSR count). The van der Waals surface area contributed by atoms with Crippen LogP contribution in [0.3, 0.4) is 0 Å². The number of likely N-dealkylation sites (tertiary alicyclic amines) is 1. The smallest absolute Gasteiger partial charge is 0.329 e. The van der Waals surface area contributed by atoms with E-state index in [1.165, 1.54) is 10.1 Å². The molecule has 2 amide bonds. The van der Waals surface area contributed by atoms with Gasteiger partial charge in [0, 0.05) is 102 Å². The highest BCUT2D eigenvalue weighted by Gasteiger charge is 2.32. The van der Waals surface area contributed by atoms with Crippen molar-refractivity contribution in [2.24, 2.45) is 7.05 Å². The Balaban J connectivity index is 0.736. The maximum atomic E-state index is 13.1. The molecular formula is C37H44N10O4. The lowest BCUT2D eigenvalue weighted by Crippen LogP contribution is -2.51. The minimum absolute atomic E-state index is 0.229. The lowest BCUT2D eigenvalue weighted by atomic mass is 10.0. The van der Waals surface area contributed by atoms with Crippen LogP contribution in [-0.2, 0) is 34.5 Å². The predicted octanol–water partition coefficient (Wildman–Crippen LogP) is 2.25. The molecule has 2 aromatic carbocycles. The van der Waals surface area contributed by atoms with Gasteiger partial charge in [-0.1, -0.05) is 30.3 Å². The average molecular weight is 693 g/mol. The number of aryl methyl sites for hydroxylation is 1. The standard InChI is InChI=1S/C37H44N10O4/c1-43-32-17-25(5-8-30(32)47(37(43)50)31-9-10-33(48)41-35(31)49)21-46-22-27(23-46)51-16-2-11-44-12-14-45(15-13-44)20-24-3-6-26(7-4-24)28-18-39-34-29(28)19-40-36(38)42-34/h3-8,17-19,27,31H,2,9-16,20-23H2,1H3,(H,41,48,49)(H3,38,39,40,42)/t31-/m0/s1. The van der Waals surface area contributed by atoms with Gasteiger partial charge in [0.2, 0.25) is 17.8 Å². The van der Waals surface area contributed by atoms with E-state index in [1.54, 1.807) is 17.8 Å². The zero-order valence-electron chi connectivity index (χ0n) is 28.9. The number of hydrogen-bond donors (Lipinski definition) is 3. The molecule has 3 aliphatic rings. The highest BCUT2D eigenvalue weighted by Crippen LogP contribution is 2.28. The number of imide groups is 1. The van der Waals surface area contributed by atoms with Gasteiger partial charge >= 0.3 is 5.69 Å². The summed E-state index contributed by atoms with van der Waals surface area (Å²) in [5.74, 6) is -0.440. The van der Waals surface area contributed by atoms with Crippen LogP contribution in [0.5, 0.6) is 0 Å². The van der Waals surface area contributed by atoms with Crippen molar-refractivity contribution in [2.45, 2.75) is 44.5 Å². The number of aromatic amines is 1. The van der Waals surface area contributed by atoms with Crippen molar-refractivity contribution in [3.8, 4) is 11.1 Å². The van der Waals surface area contributed by atoms with Crippen molar-refractivity contribution in [1.82, 2.24) is 44.1 Å². The minimum atomic E-state index is -0.673. The molecule has 5 aromatic rings. The Morgan fingerprint density at radius 1 is 0.922 bits per heavy atom. The topological polar surface area (TPSA) is 160 Å². The fourth-order valence-electron chi connectivity index (χ4n) is 7.67. The number of carbonyl (C=O) groups excluding carboxylic acids is 2. The quantitative estimate of drug-likeness (QED) is 0.138. The van der Waals surface area contributed by atoms with Crippen molar-refractivity contribution >= 4 is 39.8 Å². The van der Waals surface area contributed by atoms with E-state index in [0.29, 0.717) is 11.9 Å². The number of aromatic nitrogens is 5. The molecule has 266 valence electrons. The Hall–Kier alpha value is -4.89. The summed E-state index contributed by atoms with van der Waals surface area (Å²) in [4.78, 5) is 56.2. The number of amides is 2. The summed E-state index contributed by atoms with van der Waals surface area (Å²) >= 11 is 0. The van der Waals surface area contributed by atoms with Crippen LogP contribution >= 0.6 is 0 Å². The molecule has 0 unspecified atom stereocenters. The highest BCUT2D eigenvalue weighted by atomic mass is 16.5.